The summed E-state index contributed by atoms with van der Waals surface area (Å²) in [7, 11) is 1.70. The zero-order valence-electron chi connectivity index (χ0n) is 12.7. The molecule has 0 spiro atoms. The van der Waals surface area contributed by atoms with E-state index >= 15 is 0 Å². The summed E-state index contributed by atoms with van der Waals surface area (Å²) in [4.78, 5) is 4.07. The summed E-state index contributed by atoms with van der Waals surface area (Å²) in [6, 6.07) is 10.6. The fourth-order valence-corrected chi connectivity index (χ4v) is 2.90. The van der Waals surface area contributed by atoms with Crippen LogP contribution >= 0.6 is 0 Å². The van der Waals surface area contributed by atoms with Gasteiger partial charge in [0.05, 0.1) is 18.3 Å². The predicted octanol–water partition coefficient (Wildman–Crippen LogP) is 3.40. The quantitative estimate of drug-likeness (QED) is 0.724. The fourth-order valence-electron chi connectivity index (χ4n) is 2.90. The Labute approximate surface area is 129 Å². The molecule has 0 atom stereocenters. The zero-order chi connectivity index (χ0) is 14.9. The van der Waals surface area contributed by atoms with Gasteiger partial charge in [0.15, 0.2) is 0 Å². The van der Waals surface area contributed by atoms with Gasteiger partial charge in [-0.2, -0.15) is 5.10 Å². The fraction of sp³-hybridized carbons (Fsp3) is 0.333. The van der Waals surface area contributed by atoms with Gasteiger partial charge in [0.1, 0.15) is 0 Å². The lowest BCUT2D eigenvalue weighted by molar-refractivity contribution is 0.385. The molecule has 3 heterocycles. The van der Waals surface area contributed by atoms with Gasteiger partial charge < -0.3 is 4.74 Å². The van der Waals surface area contributed by atoms with Crippen LogP contribution in [-0.4, -0.2) is 21.7 Å². The normalized spacial score (nSPS) is 14.4. The van der Waals surface area contributed by atoms with Crippen molar-refractivity contribution >= 4 is 5.52 Å². The van der Waals surface area contributed by atoms with E-state index in [0.717, 1.165) is 18.7 Å². The highest BCUT2D eigenvalue weighted by molar-refractivity contribution is 5.58. The molecule has 0 unspecified atom stereocenters. The van der Waals surface area contributed by atoms with Crippen LogP contribution < -0.4 is 4.74 Å². The second-order valence-corrected chi connectivity index (χ2v) is 5.90. The maximum atomic E-state index is 5.45. The molecule has 3 aromatic heterocycles. The molecule has 22 heavy (non-hydrogen) atoms. The van der Waals surface area contributed by atoms with E-state index in [0.29, 0.717) is 5.92 Å². The van der Waals surface area contributed by atoms with Crippen LogP contribution in [0.2, 0.25) is 0 Å². The minimum Gasteiger partial charge on any atom is -0.481 e. The molecular formula is C18H19N3O. The number of pyridine rings is 2. The Balaban J connectivity index is 1.67. The van der Waals surface area contributed by atoms with E-state index in [-0.39, 0.29) is 0 Å². The van der Waals surface area contributed by atoms with E-state index in [9.17, 15) is 0 Å². The molecule has 4 nitrogen and oxygen atoms in total. The van der Waals surface area contributed by atoms with E-state index in [2.05, 4.69) is 29.2 Å². The van der Waals surface area contributed by atoms with Crippen molar-refractivity contribution in [3.8, 4) is 5.88 Å². The van der Waals surface area contributed by atoms with Gasteiger partial charge >= 0.3 is 0 Å². The van der Waals surface area contributed by atoms with Crippen LogP contribution in [0.25, 0.3) is 5.52 Å². The first-order chi connectivity index (χ1) is 10.8. The number of rotatable bonds is 5. The molecule has 0 aromatic carbocycles. The van der Waals surface area contributed by atoms with Gasteiger partial charge in [-0.1, -0.05) is 6.07 Å². The van der Waals surface area contributed by atoms with E-state index in [1.54, 1.807) is 7.11 Å². The van der Waals surface area contributed by atoms with Crippen LogP contribution in [0.1, 0.15) is 35.6 Å². The monoisotopic (exact) mass is 293 g/mol. The van der Waals surface area contributed by atoms with Crippen LogP contribution in [-0.2, 0) is 12.8 Å². The van der Waals surface area contributed by atoms with E-state index in [4.69, 9.17) is 9.84 Å². The zero-order valence-corrected chi connectivity index (χ0v) is 12.7. The van der Waals surface area contributed by atoms with E-state index < -0.39 is 0 Å². The molecule has 3 aromatic rings. The standard InChI is InChI=1S/C18H19N3O/c1-22-18-7-6-15(3-2-13-8-10-19-11-9-13)17-12-16(14-4-5-14)20-21(17)18/h6-12,14H,2-5H2,1H3. The first kappa shape index (κ1) is 13.3. The summed E-state index contributed by atoms with van der Waals surface area (Å²) >= 11 is 0. The second-order valence-electron chi connectivity index (χ2n) is 5.90. The van der Waals surface area contributed by atoms with Crippen molar-refractivity contribution in [2.75, 3.05) is 7.11 Å². The van der Waals surface area contributed by atoms with Crippen molar-refractivity contribution in [3.63, 3.8) is 0 Å². The number of methoxy groups -OCH3 is 1. The van der Waals surface area contributed by atoms with E-state index in [1.165, 1.54) is 35.2 Å². The summed E-state index contributed by atoms with van der Waals surface area (Å²) < 4.78 is 7.40. The maximum Gasteiger partial charge on any atom is 0.214 e. The van der Waals surface area contributed by atoms with Crippen molar-refractivity contribution < 1.29 is 4.74 Å². The van der Waals surface area contributed by atoms with Gasteiger partial charge in [0, 0.05) is 24.4 Å². The lowest BCUT2D eigenvalue weighted by Gasteiger charge is -2.08. The van der Waals surface area contributed by atoms with Crippen LogP contribution in [0, 0.1) is 0 Å². The largest absolute Gasteiger partial charge is 0.481 e. The third-order valence-corrected chi connectivity index (χ3v) is 4.33. The minimum atomic E-state index is 0.651. The van der Waals surface area contributed by atoms with Crippen LogP contribution in [0.5, 0.6) is 5.88 Å². The molecule has 0 radical (unpaired) electrons. The number of fused-ring (bicyclic) bond motifs is 1. The number of hydrogen-bond donors (Lipinski definition) is 0. The molecule has 1 aliphatic rings. The van der Waals surface area contributed by atoms with Gasteiger partial charge in [-0.3, -0.25) is 4.98 Å². The van der Waals surface area contributed by atoms with Crippen molar-refractivity contribution in [1.29, 1.82) is 0 Å². The van der Waals surface area contributed by atoms with Gasteiger partial charge in [-0.25, -0.2) is 4.52 Å². The molecule has 1 saturated carbocycles. The van der Waals surface area contributed by atoms with Gasteiger partial charge in [-0.15, -0.1) is 0 Å². The summed E-state index contributed by atoms with van der Waals surface area (Å²) in [5, 5.41) is 4.74. The Bertz CT molecular complexity index is 791. The summed E-state index contributed by atoms with van der Waals surface area (Å²) in [6.07, 6.45) is 8.23. The third kappa shape index (κ3) is 2.45. The van der Waals surface area contributed by atoms with Crippen molar-refractivity contribution in [3.05, 3.63) is 59.5 Å². The Morgan fingerprint density at radius 1 is 1.14 bits per heavy atom. The molecule has 1 fully saturated rings. The third-order valence-electron chi connectivity index (χ3n) is 4.33. The Morgan fingerprint density at radius 3 is 2.68 bits per heavy atom. The van der Waals surface area contributed by atoms with Crippen LogP contribution in [0.4, 0.5) is 0 Å². The average molecular weight is 293 g/mol. The number of nitrogens with zero attached hydrogens (tertiary/aromatic N) is 3. The smallest absolute Gasteiger partial charge is 0.214 e. The van der Waals surface area contributed by atoms with Gasteiger partial charge in [0.25, 0.3) is 0 Å². The lowest BCUT2D eigenvalue weighted by Crippen LogP contribution is -2.00. The lowest BCUT2D eigenvalue weighted by atomic mass is 10.0. The molecule has 0 N–H and O–H groups in total. The number of hydrogen-bond acceptors (Lipinski definition) is 3. The Hall–Kier alpha value is -2.36. The Kier molecular flexibility index (Phi) is 3.29. The van der Waals surface area contributed by atoms with Crippen molar-refractivity contribution in [2.45, 2.75) is 31.6 Å². The molecule has 112 valence electrons. The van der Waals surface area contributed by atoms with Crippen molar-refractivity contribution in [1.82, 2.24) is 14.6 Å². The summed E-state index contributed by atoms with van der Waals surface area (Å²) in [5.41, 5.74) is 5.01. The molecular weight excluding hydrogens is 274 g/mol. The number of ether oxygens (including phenoxy) is 1. The Morgan fingerprint density at radius 2 is 1.95 bits per heavy atom. The van der Waals surface area contributed by atoms with Crippen molar-refractivity contribution in [2.24, 2.45) is 0 Å². The molecule has 1 aliphatic carbocycles. The molecule has 4 heteroatoms. The predicted molar refractivity (Wildman–Crippen MR) is 85.4 cm³/mol. The van der Waals surface area contributed by atoms with Crippen LogP contribution in [0.15, 0.2) is 42.7 Å². The topological polar surface area (TPSA) is 39.4 Å². The molecule has 0 bridgehead atoms. The highest BCUT2D eigenvalue weighted by Crippen LogP contribution is 2.40. The van der Waals surface area contributed by atoms with Gasteiger partial charge in [0.2, 0.25) is 5.88 Å². The first-order valence-corrected chi connectivity index (χ1v) is 7.79. The second kappa shape index (κ2) is 5.44. The highest BCUT2D eigenvalue weighted by Gasteiger charge is 2.27. The molecule has 0 aliphatic heterocycles. The van der Waals surface area contributed by atoms with Gasteiger partial charge in [-0.05, 0) is 55.0 Å². The summed E-state index contributed by atoms with van der Waals surface area (Å²) in [6.45, 7) is 0. The van der Waals surface area contributed by atoms with Crippen LogP contribution in [0.3, 0.4) is 0 Å². The first-order valence-electron chi connectivity index (χ1n) is 7.79. The SMILES string of the molecule is COc1ccc(CCc2ccncc2)c2cc(C3CC3)nn12. The maximum absolute atomic E-state index is 5.45. The molecule has 0 amide bonds. The molecule has 4 rings (SSSR count). The highest BCUT2D eigenvalue weighted by atomic mass is 16.5. The average Bonchev–Trinajstić information content (AvgIpc) is 3.32. The molecule has 0 saturated heterocycles. The summed E-state index contributed by atoms with van der Waals surface area (Å²) in [5.74, 6) is 1.45. The number of aromatic nitrogens is 3. The number of aryl methyl sites for hydroxylation is 2. The minimum absolute atomic E-state index is 0.651. The van der Waals surface area contributed by atoms with E-state index in [1.807, 2.05) is 23.0 Å².